The topological polar surface area (TPSA) is 71.9 Å². The molecule has 5 nitrogen and oxygen atoms in total. The molecule has 4 rings (SSSR count). The highest BCUT2D eigenvalue weighted by atomic mass is 32.1. The predicted molar refractivity (Wildman–Crippen MR) is 122 cm³/mol. The highest BCUT2D eigenvalue weighted by molar-refractivity contribution is 7.17. The van der Waals surface area contributed by atoms with E-state index in [-0.39, 0.29) is 12.3 Å². The number of ketones is 1. The van der Waals surface area contributed by atoms with E-state index in [0.717, 1.165) is 33.2 Å². The summed E-state index contributed by atoms with van der Waals surface area (Å²) in [6, 6.07) is 13.4. The fraction of sp³-hybridized carbons (Fsp3) is 0.208. The van der Waals surface area contributed by atoms with E-state index in [9.17, 15) is 14.4 Å². The Hall–Kier alpha value is -3.25. The first-order valence-electron chi connectivity index (χ1n) is 9.83. The SMILES string of the molecule is CCc1ccc(-c2csc3[nH]c(=O)n(CC(=O)c4ccc(C)c(C)c4)c(=O)c23)cc1. The van der Waals surface area contributed by atoms with E-state index in [4.69, 9.17) is 0 Å². The van der Waals surface area contributed by atoms with Gasteiger partial charge in [0.2, 0.25) is 0 Å². The second-order valence-corrected chi connectivity index (χ2v) is 8.33. The number of nitrogens with zero attached hydrogens (tertiary/aromatic N) is 1. The lowest BCUT2D eigenvalue weighted by atomic mass is 10.0. The zero-order valence-electron chi connectivity index (χ0n) is 17.1. The van der Waals surface area contributed by atoms with Crippen molar-refractivity contribution < 1.29 is 4.79 Å². The van der Waals surface area contributed by atoms with E-state index in [1.165, 1.54) is 16.9 Å². The minimum Gasteiger partial charge on any atom is -0.298 e. The van der Waals surface area contributed by atoms with Crippen molar-refractivity contribution in [3.05, 3.63) is 90.9 Å². The van der Waals surface area contributed by atoms with Gasteiger partial charge >= 0.3 is 5.69 Å². The molecule has 0 radical (unpaired) electrons. The van der Waals surface area contributed by atoms with Crippen LogP contribution < -0.4 is 11.2 Å². The maximum Gasteiger partial charge on any atom is 0.329 e. The number of hydrogen-bond donors (Lipinski definition) is 1. The lowest BCUT2D eigenvalue weighted by Gasteiger charge is -2.07. The summed E-state index contributed by atoms with van der Waals surface area (Å²) in [5.74, 6) is -0.269. The Labute approximate surface area is 177 Å². The number of carbonyl (C=O) groups is 1. The second-order valence-electron chi connectivity index (χ2n) is 7.45. The molecule has 2 heterocycles. The molecule has 0 aliphatic rings. The molecule has 152 valence electrons. The quantitative estimate of drug-likeness (QED) is 0.486. The Bertz CT molecular complexity index is 1370. The summed E-state index contributed by atoms with van der Waals surface area (Å²) in [6.07, 6.45) is 0.936. The van der Waals surface area contributed by atoms with Gasteiger partial charge in [0, 0.05) is 16.5 Å². The molecule has 0 atom stereocenters. The van der Waals surface area contributed by atoms with Gasteiger partial charge in [-0.3, -0.25) is 19.1 Å². The van der Waals surface area contributed by atoms with Crippen molar-refractivity contribution in [3.63, 3.8) is 0 Å². The van der Waals surface area contributed by atoms with Crippen molar-refractivity contribution in [2.75, 3.05) is 0 Å². The van der Waals surface area contributed by atoms with E-state index in [1.54, 1.807) is 12.1 Å². The number of aromatic nitrogens is 2. The second kappa shape index (κ2) is 7.88. The van der Waals surface area contributed by atoms with Crippen LogP contribution in [0.5, 0.6) is 0 Å². The monoisotopic (exact) mass is 418 g/mol. The lowest BCUT2D eigenvalue weighted by Crippen LogP contribution is -2.37. The molecule has 0 aliphatic heterocycles. The molecular weight excluding hydrogens is 396 g/mol. The highest BCUT2D eigenvalue weighted by Crippen LogP contribution is 2.30. The van der Waals surface area contributed by atoms with Crippen molar-refractivity contribution in [1.82, 2.24) is 9.55 Å². The fourth-order valence-corrected chi connectivity index (χ4v) is 4.43. The van der Waals surface area contributed by atoms with E-state index in [2.05, 4.69) is 11.9 Å². The molecule has 0 bridgehead atoms. The molecule has 0 spiro atoms. The molecule has 2 aromatic heterocycles. The number of H-pyrrole nitrogens is 1. The van der Waals surface area contributed by atoms with Gasteiger partial charge in [0.15, 0.2) is 5.78 Å². The largest absolute Gasteiger partial charge is 0.329 e. The molecule has 0 saturated carbocycles. The molecule has 0 fully saturated rings. The molecular formula is C24H22N2O3S. The lowest BCUT2D eigenvalue weighted by molar-refractivity contribution is 0.0969. The number of thiophene rings is 1. The van der Waals surface area contributed by atoms with E-state index < -0.39 is 11.2 Å². The van der Waals surface area contributed by atoms with Crippen LogP contribution in [0.25, 0.3) is 21.3 Å². The number of benzene rings is 2. The average molecular weight is 419 g/mol. The third-order valence-corrected chi connectivity index (χ3v) is 6.41. The van der Waals surface area contributed by atoms with Gasteiger partial charge < -0.3 is 0 Å². The minimum absolute atomic E-state index is 0.269. The summed E-state index contributed by atoms with van der Waals surface area (Å²) in [7, 11) is 0. The molecule has 1 N–H and O–H groups in total. The van der Waals surface area contributed by atoms with E-state index >= 15 is 0 Å². The summed E-state index contributed by atoms with van der Waals surface area (Å²) in [5.41, 5.74) is 4.45. The normalized spacial score (nSPS) is 11.2. The van der Waals surface area contributed by atoms with Crippen LogP contribution >= 0.6 is 11.3 Å². The molecule has 4 aromatic rings. The smallest absolute Gasteiger partial charge is 0.298 e. The number of aromatic amines is 1. The Morgan fingerprint density at radius 1 is 1.03 bits per heavy atom. The van der Waals surface area contributed by atoms with Crippen LogP contribution in [0.4, 0.5) is 0 Å². The number of fused-ring (bicyclic) bond motifs is 1. The molecule has 6 heteroatoms. The number of nitrogens with one attached hydrogen (secondary N) is 1. The zero-order valence-corrected chi connectivity index (χ0v) is 17.9. The first-order chi connectivity index (χ1) is 14.4. The average Bonchev–Trinajstić information content (AvgIpc) is 3.16. The highest BCUT2D eigenvalue weighted by Gasteiger charge is 2.17. The van der Waals surface area contributed by atoms with Gasteiger partial charge in [0.25, 0.3) is 5.56 Å². The minimum atomic E-state index is -0.570. The van der Waals surface area contributed by atoms with Crippen molar-refractivity contribution >= 4 is 27.3 Å². The van der Waals surface area contributed by atoms with Crippen LogP contribution in [-0.4, -0.2) is 15.3 Å². The maximum absolute atomic E-state index is 13.2. The maximum atomic E-state index is 13.2. The Balaban J connectivity index is 1.78. The van der Waals surface area contributed by atoms with Gasteiger partial charge in [0.1, 0.15) is 4.83 Å². The molecule has 2 aromatic carbocycles. The number of carbonyl (C=O) groups excluding carboxylic acids is 1. The number of rotatable bonds is 5. The molecule has 0 unspecified atom stereocenters. The summed E-state index contributed by atoms with van der Waals surface area (Å²) >= 11 is 1.32. The van der Waals surface area contributed by atoms with Crippen molar-refractivity contribution in [2.45, 2.75) is 33.7 Å². The van der Waals surface area contributed by atoms with Crippen LogP contribution in [0.2, 0.25) is 0 Å². The Kier molecular flexibility index (Phi) is 5.26. The third-order valence-electron chi connectivity index (χ3n) is 5.52. The first kappa shape index (κ1) is 20.0. The van der Waals surface area contributed by atoms with Gasteiger partial charge in [-0.05, 0) is 48.6 Å². The Morgan fingerprint density at radius 2 is 1.77 bits per heavy atom. The molecule has 0 aliphatic carbocycles. The van der Waals surface area contributed by atoms with Gasteiger partial charge in [0.05, 0.1) is 11.9 Å². The predicted octanol–water partition coefficient (Wildman–Crippen LogP) is 4.48. The van der Waals surface area contributed by atoms with Crippen molar-refractivity contribution in [3.8, 4) is 11.1 Å². The zero-order chi connectivity index (χ0) is 21.4. The fourth-order valence-electron chi connectivity index (χ4n) is 3.48. The van der Waals surface area contributed by atoms with Gasteiger partial charge in [-0.25, -0.2) is 4.79 Å². The third kappa shape index (κ3) is 3.55. The molecule has 0 saturated heterocycles. The first-order valence-corrected chi connectivity index (χ1v) is 10.7. The van der Waals surface area contributed by atoms with Crippen molar-refractivity contribution in [1.29, 1.82) is 0 Å². The standard InChI is InChI=1S/C24H22N2O3S/c1-4-16-6-9-17(10-7-16)19-13-30-22-21(19)23(28)26(24(29)25-22)12-20(27)18-8-5-14(2)15(3)11-18/h5-11,13H,4,12H2,1-3H3,(H,25,29). The summed E-state index contributed by atoms with van der Waals surface area (Å²) in [5, 5.41) is 2.31. The van der Waals surface area contributed by atoms with Gasteiger partial charge in [-0.2, -0.15) is 0 Å². The molecule has 30 heavy (non-hydrogen) atoms. The van der Waals surface area contributed by atoms with Crippen molar-refractivity contribution in [2.24, 2.45) is 0 Å². The summed E-state index contributed by atoms with van der Waals surface area (Å²) in [4.78, 5) is 41.8. The Morgan fingerprint density at radius 3 is 2.43 bits per heavy atom. The summed E-state index contributed by atoms with van der Waals surface area (Å²) < 4.78 is 0.997. The van der Waals surface area contributed by atoms with E-state index in [1.807, 2.05) is 49.6 Å². The summed E-state index contributed by atoms with van der Waals surface area (Å²) in [6.45, 7) is 5.69. The van der Waals surface area contributed by atoms with Crippen LogP contribution in [0.1, 0.15) is 34.0 Å². The van der Waals surface area contributed by atoms with Crippen LogP contribution in [0.3, 0.4) is 0 Å². The van der Waals surface area contributed by atoms with Crippen LogP contribution in [-0.2, 0) is 13.0 Å². The van der Waals surface area contributed by atoms with Gasteiger partial charge in [-0.1, -0.05) is 43.3 Å². The van der Waals surface area contributed by atoms with Gasteiger partial charge in [-0.15, -0.1) is 11.3 Å². The number of hydrogen-bond acceptors (Lipinski definition) is 4. The van der Waals surface area contributed by atoms with E-state index in [0.29, 0.717) is 15.8 Å². The molecule has 0 amide bonds. The van der Waals surface area contributed by atoms with Crippen LogP contribution in [0.15, 0.2) is 57.4 Å². The number of aryl methyl sites for hydroxylation is 3. The number of Topliss-reactive ketones (excluding diaryl/α,β-unsaturated/α-hetero) is 1. The van der Waals surface area contributed by atoms with Crippen LogP contribution in [0, 0.1) is 13.8 Å².